The van der Waals surface area contributed by atoms with Crippen LogP contribution >= 0.6 is 11.3 Å². The second-order valence-electron chi connectivity index (χ2n) is 7.54. The summed E-state index contributed by atoms with van der Waals surface area (Å²) in [5.74, 6) is -0.698. The van der Waals surface area contributed by atoms with Crippen molar-refractivity contribution < 1.29 is 19.1 Å². The molecular weight excluding hydrogens is 440 g/mol. The third-order valence-corrected chi connectivity index (χ3v) is 5.86. The number of hydrogen-bond acceptors (Lipinski definition) is 6. The van der Waals surface area contributed by atoms with Crippen molar-refractivity contribution in [2.45, 2.75) is 34.6 Å². The summed E-state index contributed by atoms with van der Waals surface area (Å²) in [6.45, 7) is 9.66. The minimum atomic E-state index is -0.509. The molecule has 0 aliphatic carbocycles. The number of amides is 3. The van der Waals surface area contributed by atoms with Crippen LogP contribution in [0.4, 0.5) is 21.3 Å². The van der Waals surface area contributed by atoms with Crippen LogP contribution in [0.1, 0.15) is 49.3 Å². The molecule has 1 aromatic heterocycles. The van der Waals surface area contributed by atoms with Crippen molar-refractivity contribution in [3.63, 3.8) is 0 Å². The lowest BCUT2D eigenvalue weighted by Gasteiger charge is -2.12. The standard InChI is InChI=1S/C24H26N4O4S/c1-6-32-22(30)17-7-9-18(10-8-17)26-23(31)28-24-25-16(5)20(33-24)21(29)27-19-14(3)11-13(2)12-15(19)4/h7-12H,6H2,1-5H3,(H,27,29)(H2,25,26,28,31). The van der Waals surface area contributed by atoms with Crippen molar-refractivity contribution >= 4 is 45.8 Å². The number of esters is 1. The van der Waals surface area contributed by atoms with Crippen LogP contribution in [-0.2, 0) is 4.74 Å². The number of aromatic nitrogens is 1. The number of thiazole rings is 1. The Morgan fingerprint density at radius 3 is 2.18 bits per heavy atom. The molecule has 0 fully saturated rings. The summed E-state index contributed by atoms with van der Waals surface area (Å²) in [7, 11) is 0. The van der Waals surface area contributed by atoms with Gasteiger partial charge in [0.2, 0.25) is 0 Å². The summed E-state index contributed by atoms with van der Waals surface area (Å²) in [6.07, 6.45) is 0. The number of urea groups is 1. The molecule has 0 saturated heterocycles. The maximum absolute atomic E-state index is 12.8. The Balaban J connectivity index is 1.65. The SMILES string of the molecule is CCOC(=O)c1ccc(NC(=O)Nc2nc(C)c(C(=O)Nc3c(C)cc(C)cc3C)s2)cc1. The molecule has 3 N–H and O–H groups in total. The number of carbonyl (C=O) groups is 3. The van der Waals surface area contributed by atoms with E-state index in [0.717, 1.165) is 33.7 Å². The highest BCUT2D eigenvalue weighted by molar-refractivity contribution is 7.17. The minimum Gasteiger partial charge on any atom is -0.462 e. The number of anilines is 3. The van der Waals surface area contributed by atoms with Gasteiger partial charge in [-0.15, -0.1) is 0 Å². The number of hydrogen-bond donors (Lipinski definition) is 3. The van der Waals surface area contributed by atoms with Gasteiger partial charge in [0.1, 0.15) is 4.88 Å². The van der Waals surface area contributed by atoms with Crippen LogP contribution in [-0.4, -0.2) is 29.5 Å². The Morgan fingerprint density at radius 1 is 0.939 bits per heavy atom. The Hall–Kier alpha value is -3.72. The molecule has 0 bridgehead atoms. The molecule has 0 aliphatic heterocycles. The van der Waals surface area contributed by atoms with E-state index in [4.69, 9.17) is 4.74 Å². The molecule has 172 valence electrons. The summed E-state index contributed by atoms with van der Waals surface area (Å²) < 4.78 is 4.94. The van der Waals surface area contributed by atoms with Gasteiger partial charge in [-0.25, -0.2) is 14.6 Å². The van der Waals surface area contributed by atoms with Gasteiger partial charge in [0.05, 0.1) is 17.9 Å². The van der Waals surface area contributed by atoms with Crippen LogP contribution in [0.5, 0.6) is 0 Å². The quantitative estimate of drug-likeness (QED) is 0.419. The molecule has 8 nitrogen and oxygen atoms in total. The fourth-order valence-corrected chi connectivity index (χ4v) is 4.23. The lowest BCUT2D eigenvalue weighted by molar-refractivity contribution is 0.0526. The van der Waals surface area contributed by atoms with Crippen molar-refractivity contribution in [2.75, 3.05) is 22.6 Å². The first-order valence-corrected chi connectivity index (χ1v) is 11.2. The Bertz CT molecular complexity index is 1180. The Labute approximate surface area is 196 Å². The molecule has 1 heterocycles. The number of nitrogens with one attached hydrogen (secondary N) is 3. The highest BCUT2D eigenvalue weighted by atomic mass is 32.1. The van der Waals surface area contributed by atoms with Crippen LogP contribution in [0.2, 0.25) is 0 Å². The molecule has 0 atom stereocenters. The normalized spacial score (nSPS) is 10.5. The maximum Gasteiger partial charge on any atom is 0.338 e. The Kier molecular flexibility index (Phi) is 7.44. The third-order valence-electron chi connectivity index (χ3n) is 4.79. The molecule has 0 unspecified atom stereocenters. The van der Waals surface area contributed by atoms with E-state index in [1.54, 1.807) is 38.1 Å². The van der Waals surface area contributed by atoms with Gasteiger partial charge in [-0.05, 0) is 70.0 Å². The second kappa shape index (κ2) is 10.3. The first kappa shape index (κ1) is 23.9. The highest BCUT2D eigenvalue weighted by Crippen LogP contribution is 2.27. The summed E-state index contributed by atoms with van der Waals surface area (Å²) in [6, 6.07) is 9.85. The van der Waals surface area contributed by atoms with Gasteiger partial charge in [0.25, 0.3) is 5.91 Å². The summed E-state index contributed by atoms with van der Waals surface area (Å²) >= 11 is 1.10. The zero-order chi connectivity index (χ0) is 24.1. The van der Waals surface area contributed by atoms with Crippen LogP contribution in [0.3, 0.4) is 0 Å². The average Bonchev–Trinajstić information content (AvgIpc) is 3.11. The number of nitrogens with zero attached hydrogens (tertiary/aromatic N) is 1. The predicted molar refractivity (Wildman–Crippen MR) is 130 cm³/mol. The van der Waals surface area contributed by atoms with Gasteiger partial charge in [-0.1, -0.05) is 29.0 Å². The van der Waals surface area contributed by atoms with E-state index >= 15 is 0 Å². The number of aryl methyl sites for hydroxylation is 4. The van der Waals surface area contributed by atoms with E-state index in [1.165, 1.54) is 0 Å². The number of benzene rings is 2. The molecular formula is C24H26N4O4S. The zero-order valence-corrected chi connectivity index (χ0v) is 20.0. The van der Waals surface area contributed by atoms with Crippen molar-refractivity contribution in [3.8, 4) is 0 Å². The van der Waals surface area contributed by atoms with Gasteiger partial charge >= 0.3 is 12.0 Å². The van der Waals surface area contributed by atoms with Crippen LogP contribution in [0.15, 0.2) is 36.4 Å². The van der Waals surface area contributed by atoms with Gasteiger partial charge in [-0.3, -0.25) is 10.1 Å². The van der Waals surface area contributed by atoms with E-state index in [-0.39, 0.29) is 5.91 Å². The van der Waals surface area contributed by atoms with Crippen LogP contribution in [0, 0.1) is 27.7 Å². The molecule has 0 spiro atoms. The van der Waals surface area contributed by atoms with E-state index in [2.05, 4.69) is 20.9 Å². The molecule has 3 amide bonds. The fraction of sp³-hybridized carbons (Fsp3) is 0.250. The predicted octanol–water partition coefficient (Wildman–Crippen LogP) is 5.45. The molecule has 2 aromatic carbocycles. The first-order chi connectivity index (χ1) is 15.7. The molecule has 0 aliphatic rings. The second-order valence-corrected chi connectivity index (χ2v) is 8.54. The number of carbonyl (C=O) groups excluding carboxylic acids is 3. The Morgan fingerprint density at radius 2 is 1.58 bits per heavy atom. The molecule has 3 rings (SSSR count). The number of ether oxygens (including phenoxy) is 1. The maximum atomic E-state index is 12.8. The number of rotatable bonds is 6. The average molecular weight is 467 g/mol. The van der Waals surface area contributed by atoms with Gasteiger partial charge in [0, 0.05) is 11.4 Å². The van der Waals surface area contributed by atoms with Gasteiger partial charge in [0.15, 0.2) is 5.13 Å². The fourth-order valence-electron chi connectivity index (χ4n) is 3.37. The highest BCUT2D eigenvalue weighted by Gasteiger charge is 2.18. The molecule has 0 saturated carbocycles. The lowest BCUT2D eigenvalue weighted by atomic mass is 10.1. The summed E-state index contributed by atoms with van der Waals surface area (Å²) in [4.78, 5) is 41.6. The lowest BCUT2D eigenvalue weighted by Crippen LogP contribution is -2.19. The molecule has 0 radical (unpaired) electrons. The largest absolute Gasteiger partial charge is 0.462 e. The topological polar surface area (TPSA) is 109 Å². The van der Waals surface area contributed by atoms with Crippen molar-refractivity contribution in [1.29, 1.82) is 0 Å². The van der Waals surface area contributed by atoms with Crippen LogP contribution < -0.4 is 16.0 Å². The van der Waals surface area contributed by atoms with Crippen molar-refractivity contribution in [2.24, 2.45) is 0 Å². The molecule has 33 heavy (non-hydrogen) atoms. The minimum absolute atomic E-state index is 0.275. The van der Waals surface area contributed by atoms with E-state index in [1.807, 2.05) is 32.9 Å². The van der Waals surface area contributed by atoms with E-state index in [9.17, 15) is 14.4 Å². The van der Waals surface area contributed by atoms with Gasteiger partial charge < -0.3 is 15.4 Å². The zero-order valence-electron chi connectivity index (χ0n) is 19.2. The monoisotopic (exact) mass is 466 g/mol. The summed E-state index contributed by atoms with van der Waals surface area (Å²) in [5.41, 5.74) is 5.28. The molecule has 9 heteroatoms. The van der Waals surface area contributed by atoms with E-state index < -0.39 is 12.0 Å². The first-order valence-electron chi connectivity index (χ1n) is 10.4. The smallest absolute Gasteiger partial charge is 0.338 e. The van der Waals surface area contributed by atoms with Crippen molar-refractivity contribution in [1.82, 2.24) is 4.98 Å². The van der Waals surface area contributed by atoms with E-state index in [0.29, 0.717) is 33.6 Å². The van der Waals surface area contributed by atoms with Crippen LogP contribution in [0.25, 0.3) is 0 Å². The van der Waals surface area contributed by atoms with Gasteiger partial charge in [-0.2, -0.15) is 0 Å². The third kappa shape index (κ3) is 5.95. The van der Waals surface area contributed by atoms with Crippen molar-refractivity contribution in [3.05, 3.63) is 69.2 Å². The summed E-state index contributed by atoms with van der Waals surface area (Å²) in [5, 5.41) is 8.57. The molecule has 3 aromatic rings.